The van der Waals surface area contributed by atoms with Crippen molar-refractivity contribution in [2.75, 3.05) is 6.61 Å². The van der Waals surface area contributed by atoms with Crippen LogP contribution in [0.1, 0.15) is 73.7 Å². The molecule has 1 aliphatic rings. The number of rotatable bonds is 4. The average molecular weight is 276 g/mol. The van der Waals surface area contributed by atoms with Crippen LogP contribution >= 0.6 is 0 Å². The fourth-order valence-corrected chi connectivity index (χ4v) is 2.99. The first-order valence-corrected chi connectivity index (χ1v) is 7.66. The van der Waals surface area contributed by atoms with Gasteiger partial charge in [-0.1, -0.05) is 26.2 Å². The van der Waals surface area contributed by atoms with Crippen LogP contribution in [0.25, 0.3) is 0 Å². The number of hydrogen-bond acceptors (Lipinski definition) is 4. The molecule has 0 saturated heterocycles. The van der Waals surface area contributed by atoms with Crippen molar-refractivity contribution in [2.45, 2.75) is 58.8 Å². The monoisotopic (exact) mass is 276 g/mol. The Bertz CT molecular complexity index is 474. The second-order valence-electron chi connectivity index (χ2n) is 5.59. The molecule has 1 aromatic heterocycles. The Hall–Kier alpha value is -1.45. The molecule has 1 aliphatic carbocycles. The highest BCUT2D eigenvalue weighted by atomic mass is 16.5. The van der Waals surface area contributed by atoms with E-state index in [9.17, 15) is 4.79 Å². The molecule has 4 heteroatoms. The summed E-state index contributed by atoms with van der Waals surface area (Å²) in [5.41, 5.74) is 1.21. The van der Waals surface area contributed by atoms with Gasteiger partial charge in [-0.15, -0.1) is 0 Å². The number of aryl methyl sites for hydroxylation is 1. The lowest BCUT2D eigenvalue weighted by Gasteiger charge is -2.27. The first-order valence-electron chi connectivity index (χ1n) is 7.66. The topological polar surface area (TPSA) is 52.1 Å². The van der Waals surface area contributed by atoms with Crippen molar-refractivity contribution in [3.05, 3.63) is 23.3 Å². The normalized spacial score (nSPS) is 22.6. The highest BCUT2D eigenvalue weighted by Crippen LogP contribution is 2.36. The van der Waals surface area contributed by atoms with Gasteiger partial charge in [-0.05, 0) is 32.6 Å². The molecule has 110 valence electrons. The van der Waals surface area contributed by atoms with E-state index >= 15 is 0 Å². The van der Waals surface area contributed by atoms with E-state index in [2.05, 4.69) is 16.9 Å². The minimum absolute atomic E-state index is 0.327. The van der Waals surface area contributed by atoms with Gasteiger partial charge in [0.15, 0.2) is 0 Å². The van der Waals surface area contributed by atoms with Crippen LogP contribution in [0.5, 0.6) is 0 Å². The average Bonchev–Trinajstić information content (AvgIpc) is 2.47. The molecule has 0 N–H and O–H groups in total. The summed E-state index contributed by atoms with van der Waals surface area (Å²) in [7, 11) is 0. The summed E-state index contributed by atoms with van der Waals surface area (Å²) in [4.78, 5) is 20.7. The SMILES string of the molecule is CCOC(=O)c1cnc(C2CCCC(CC)C2)nc1C. The number of ether oxygens (including phenoxy) is 1. The Morgan fingerprint density at radius 3 is 2.85 bits per heavy atom. The van der Waals surface area contributed by atoms with Crippen LogP contribution in [0.4, 0.5) is 0 Å². The zero-order chi connectivity index (χ0) is 14.5. The second kappa shape index (κ2) is 6.82. The van der Waals surface area contributed by atoms with Crippen molar-refractivity contribution in [3.8, 4) is 0 Å². The van der Waals surface area contributed by atoms with Gasteiger partial charge in [-0.25, -0.2) is 14.8 Å². The fourth-order valence-electron chi connectivity index (χ4n) is 2.99. The molecular weight excluding hydrogens is 252 g/mol. The molecule has 0 spiro atoms. The van der Waals surface area contributed by atoms with Gasteiger partial charge in [-0.2, -0.15) is 0 Å². The molecule has 2 unspecified atom stereocenters. The van der Waals surface area contributed by atoms with Crippen molar-refractivity contribution in [1.82, 2.24) is 9.97 Å². The first kappa shape index (κ1) is 14.9. The van der Waals surface area contributed by atoms with E-state index in [1.807, 2.05) is 6.92 Å². The molecule has 1 heterocycles. The highest BCUT2D eigenvalue weighted by molar-refractivity contribution is 5.90. The molecule has 1 saturated carbocycles. The molecule has 0 radical (unpaired) electrons. The Labute approximate surface area is 121 Å². The van der Waals surface area contributed by atoms with Crippen LogP contribution in [-0.2, 0) is 4.74 Å². The van der Waals surface area contributed by atoms with Crippen LogP contribution in [0.15, 0.2) is 6.20 Å². The standard InChI is InChI=1S/C16H24N2O2/c1-4-12-7-6-8-13(9-12)15-17-10-14(11(3)18-15)16(19)20-5-2/h10,12-13H,4-9H2,1-3H3. The molecule has 0 aliphatic heterocycles. The van der Waals surface area contributed by atoms with E-state index in [0.717, 1.165) is 23.9 Å². The summed E-state index contributed by atoms with van der Waals surface area (Å²) in [5.74, 6) is 1.81. The van der Waals surface area contributed by atoms with Crippen LogP contribution < -0.4 is 0 Å². The lowest BCUT2D eigenvalue weighted by Crippen LogP contribution is -2.17. The Balaban J connectivity index is 2.14. The zero-order valence-corrected chi connectivity index (χ0v) is 12.7. The summed E-state index contributed by atoms with van der Waals surface area (Å²) >= 11 is 0. The molecule has 0 aromatic carbocycles. The van der Waals surface area contributed by atoms with Crippen molar-refractivity contribution >= 4 is 5.97 Å². The van der Waals surface area contributed by atoms with Gasteiger partial charge in [0, 0.05) is 12.1 Å². The summed E-state index contributed by atoms with van der Waals surface area (Å²) in [6.07, 6.45) is 7.78. The number of carbonyl (C=O) groups is 1. The van der Waals surface area contributed by atoms with E-state index in [1.165, 1.54) is 25.7 Å². The summed E-state index contributed by atoms with van der Waals surface area (Å²) in [6.45, 7) is 6.29. The van der Waals surface area contributed by atoms with Crippen molar-refractivity contribution < 1.29 is 9.53 Å². The summed E-state index contributed by atoms with van der Waals surface area (Å²) in [5, 5.41) is 0. The highest BCUT2D eigenvalue weighted by Gasteiger charge is 2.25. The number of aromatic nitrogens is 2. The van der Waals surface area contributed by atoms with E-state index in [4.69, 9.17) is 4.74 Å². The smallest absolute Gasteiger partial charge is 0.341 e. The van der Waals surface area contributed by atoms with E-state index in [-0.39, 0.29) is 5.97 Å². The number of esters is 1. The van der Waals surface area contributed by atoms with E-state index in [1.54, 1.807) is 13.1 Å². The third kappa shape index (κ3) is 3.35. The minimum atomic E-state index is -0.327. The van der Waals surface area contributed by atoms with E-state index in [0.29, 0.717) is 18.1 Å². The van der Waals surface area contributed by atoms with Gasteiger partial charge in [0.1, 0.15) is 5.82 Å². The largest absolute Gasteiger partial charge is 0.462 e. The Morgan fingerprint density at radius 2 is 2.20 bits per heavy atom. The lowest BCUT2D eigenvalue weighted by molar-refractivity contribution is 0.0524. The molecule has 0 amide bonds. The molecule has 20 heavy (non-hydrogen) atoms. The van der Waals surface area contributed by atoms with Crippen molar-refractivity contribution in [3.63, 3.8) is 0 Å². The molecule has 1 fully saturated rings. The lowest BCUT2D eigenvalue weighted by atomic mass is 9.80. The van der Waals surface area contributed by atoms with Gasteiger partial charge in [0.2, 0.25) is 0 Å². The second-order valence-corrected chi connectivity index (χ2v) is 5.59. The summed E-state index contributed by atoms with van der Waals surface area (Å²) in [6, 6.07) is 0. The Kier molecular flexibility index (Phi) is 5.10. The zero-order valence-electron chi connectivity index (χ0n) is 12.7. The number of hydrogen-bond donors (Lipinski definition) is 0. The molecular formula is C16H24N2O2. The van der Waals surface area contributed by atoms with Crippen LogP contribution in [0, 0.1) is 12.8 Å². The van der Waals surface area contributed by atoms with Crippen LogP contribution in [0.2, 0.25) is 0 Å². The quantitative estimate of drug-likeness (QED) is 0.788. The first-order chi connectivity index (χ1) is 9.65. The Morgan fingerprint density at radius 1 is 1.40 bits per heavy atom. The third-order valence-corrected chi connectivity index (χ3v) is 4.22. The molecule has 2 atom stereocenters. The minimum Gasteiger partial charge on any atom is -0.462 e. The van der Waals surface area contributed by atoms with Crippen molar-refractivity contribution in [1.29, 1.82) is 0 Å². The predicted octanol–water partition coefficient (Wildman–Crippen LogP) is 3.65. The molecule has 1 aromatic rings. The van der Waals surface area contributed by atoms with Crippen molar-refractivity contribution in [2.24, 2.45) is 5.92 Å². The maximum atomic E-state index is 11.7. The number of carbonyl (C=O) groups excluding carboxylic acids is 1. The van der Waals surface area contributed by atoms with Crippen LogP contribution in [0.3, 0.4) is 0 Å². The van der Waals surface area contributed by atoms with Gasteiger partial charge in [0.25, 0.3) is 0 Å². The molecule has 2 rings (SSSR count). The van der Waals surface area contributed by atoms with Gasteiger partial charge in [-0.3, -0.25) is 0 Å². The summed E-state index contributed by atoms with van der Waals surface area (Å²) < 4.78 is 5.01. The molecule has 4 nitrogen and oxygen atoms in total. The van der Waals surface area contributed by atoms with Gasteiger partial charge in [0.05, 0.1) is 17.9 Å². The fraction of sp³-hybridized carbons (Fsp3) is 0.688. The molecule has 0 bridgehead atoms. The van der Waals surface area contributed by atoms with Gasteiger partial charge < -0.3 is 4.74 Å². The maximum Gasteiger partial charge on any atom is 0.341 e. The van der Waals surface area contributed by atoms with Gasteiger partial charge >= 0.3 is 5.97 Å². The third-order valence-electron chi connectivity index (χ3n) is 4.22. The van der Waals surface area contributed by atoms with Crippen LogP contribution in [-0.4, -0.2) is 22.5 Å². The maximum absolute atomic E-state index is 11.7. The van der Waals surface area contributed by atoms with E-state index < -0.39 is 0 Å². The number of nitrogens with zero attached hydrogens (tertiary/aromatic N) is 2. The predicted molar refractivity (Wildman–Crippen MR) is 77.7 cm³/mol.